The monoisotopic (exact) mass is 344 g/mol. The maximum Gasteiger partial charge on any atom is 0.227 e. The number of aromatic nitrogens is 4. The molecule has 3 N–H and O–H groups in total. The van der Waals surface area contributed by atoms with E-state index in [-0.39, 0.29) is 18.5 Å². The zero-order valence-corrected chi connectivity index (χ0v) is 14.2. The van der Waals surface area contributed by atoms with E-state index in [9.17, 15) is 9.50 Å². The quantitative estimate of drug-likeness (QED) is 0.611. The van der Waals surface area contributed by atoms with Crippen molar-refractivity contribution in [3.63, 3.8) is 0 Å². The maximum absolute atomic E-state index is 13.5. The summed E-state index contributed by atoms with van der Waals surface area (Å²) in [6, 6.07) is 6.01. The van der Waals surface area contributed by atoms with Crippen molar-refractivity contribution < 1.29 is 9.50 Å². The molecule has 7 nitrogen and oxygen atoms in total. The first-order valence-electron chi connectivity index (χ1n) is 8.27. The van der Waals surface area contributed by atoms with Gasteiger partial charge < -0.3 is 20.3 Å². The normalized spacial score (nSPS) is 12.3. The number of nitrogens with one attached hydrogen (secondary N) is 2. The highest BCUT2D eigenvalue weighted by molar-refractivity contribution is 5.86. The summed E-state index contributed by atoms with van der Waals surface area (Å²) in [7, 11) is 0. The number of hydrogen-bond donors (Lipinski definition) is 3. The molecule has 0 spiro atoms. The summed E-state index contributed by atoms with van der Waals surface area (Å²) < 4.78 is 15.4. The van der Waals surface area contributed by atoms with Crippen molar-refractivity contribution in [2.45, 2.75) is 32.9 Å². The molecule has 2 heterocycles. The van der Waals surface area contributed by atoms with Gasteiger partial charge in [-0.15, -0.1) is 0 Å². The molecule has 0 aliphatic rings. The van der Waals surface area contributed by atoms with Crippen molar-refractivity contribution in [2.24, 2.45) is 0 Å². The van der Waals surface area contributed by atoms with Crippen LogP contribution in [0.5, 0.6) is 0 Å². The second-order valence-electron chi connectivity index (χ2n) is 5.67. The van der Waals surface area contributed by atoms with Gasteiger partial charge in [0.15, 0.2) is 17.0 Å². The topological polar surface area (TPSA) is 87.9 Å². The molecule has 1 aromatic carbocycles. The molecule has 0 aliphatic heterocycles. The Hall–Kier alpha value is -2.74. The molecule has 132 valence electrons. The van der Waals surface area contributed by atoms with Gasteiger partial charge in [0.1, 0.15) is 5.82 Å². The van der Waals surface area contributed by atoms with Gasteiger partial charge in [0.05, 0.1) is 19.0 Å². The largest absolute Gasteiger partial charge is 0.394 e. The van der Waals surface area contributed by atoms with E-state index in [0.29, 0.717) is 35.2 Å². The lowest BCUT2D eigenvalue weighted by Crippen LogP contribution is -2.24. The summed E-state index contributed by atoms with van der Waals surface area (Å²) in [6.45, 7) is 4.66. The van der Waals surface area contributed by atoms with E-state index in [2.05, 4.69) is 25.6 Å². The lowest BCUT2D eigenvalue weighted by molar-refractivity contribution is 0.271. The lowest BCUT2D eigenvalue weighted by atomic mass is 10.2. The number of anilines is 3. The number of rotatable bonds is 7. The van der Waals surface area contributed by atoms with E-state index < -0.39 is 0 Å². The Kier molecular flexibility index (Phi) is 5.08. The molecule has 3 rings (SSSR count). The van der Waals surface area contributed by atoms with Crippen LogP contribution in [0.3, 0.4) is 0 Å². The number of nitrogens with zero attached hydrogens (tertiary/aromatic N) is 4. The number of fused-ring (bicyclic) bond motifs is 1. The minimum atomic E-state index is -0.334. The fourth-order valence-corrected chi connectivity index (χ4v) is 2.49. The summed E-state index contributed by atoms with van der Waals surface area (Å²) in [4.78, 5) is 13.4. The minimum Gasteiger partial charge on any atom is -0.394 e. The Balaban J connectivity index is 2.04. The third kappa shape index (κ3) is 3.69. The molecule has 0 bridgehead atoms. The van der Waals surface area contributed by atoms with Gasteiger partial charge in [-0.05, 0) is 31.5 Å². The molecule has 2 aromatic heterocycles. The van der Waals surface area contributed by atoms with E-state index in [4.69, 9.17) is 0 Å². The Bertz CT molecular complexity index is 861. The predicted octanol–water partition coefficient (Wildman–Crippen LogP) is 2.91. The van der Waals surface area contributed by atoms with Crippen molar-refractivity contribution >= 4 is 28.6 Å². The first-order chi connectivity index (χ1) is 12.1. The molecule has 0 saturated heterocycles. The highest BCUT2D eigenvalue weighted by atomic mass is 19.1. The summed E-state index contributed by atoms with van der Waals surface area (Å²) in [6.07, 6.45) is 2.43. The molecule has 0 saturated carbocycles. The number of imidazole rings is 1. The highest BCUT2D eigenvalue weighted by Crippen LogP contribution is 2.25. The van der Waals surface area contributed by atoms with Crippen LogP contribution >= 0.6 is 0 Å². The van der Waals surface area contributed by atoms with E-state index in [0.717, 1.165) is 6.42 Å². The molecule has 0 fully saturated rings. The third-order valence-corrected chi connectivity index (χ3v) is 3.94. The molecular weight excluding hydrogens is 323 g/mol. The molecule has 0 radical (unpaired) electrons. The number of aliphatic hydroxyl groups excluding tert-OH is 1. The SMILES string of the molecule is CCC(CO)Nc1nc(Nc2cccc(F)c2)c2ncn(CC)c2n1. The van der Waals surface area contributed by atoms with Gasteiger partial charge in [-0.25, -0.2) is 9.37 Å². The maximum atomic E-state index is 13.5. The van der Waals surface area contributed by atoms with Crippen LogP contribution < -0.4 is 10.6 Å². The fraction of sp³-hybridized carbons (Fsp3) is 0.353. The summed E-state index contributed by atoms with van der Waals surface area (Å²) >= 11 is 0. The van der Waals surface area contributed by atoms with Crippen LogP contribution in [-0.4, -0.2) is 37.3 Å². The summed E-state index contributed by atoms with van der Waals surface area (Å²) in [5.74, 6) is 0.541. The summed E-state index contributed by atoms with van der Waals surface area (Å²) in [5.41, 5.74) is 1.85. The Morgan fingerprint density at radius 3 is 2.80 bits per heavy atom. The smallest absolute Gasteiger partial charge is 0.227 e. The van der Waals surface area contributed by atoms with Gasteiger partial charge in [0.25, 0.3) is 0 Å². The van der Waals surface area contributed by atoms with Crippen LogP contribution in [-0.2, 0) is 6.54 Å². The van der Waals surface area contributed by atoms with Crippen LogP contribution in [0.2, 0.25) is 0 Å². The van der Waals surface area contributed by atoms with Crippen molar-refractivity contribution in [1.82, 2.24) is 19.5 Å². The highest BCUT2D eigenvalue weighted by Gasteiger charge is 2.15. The predicted molar refractivity (Wildman–Crippen MR) is 95.5 cm³/mol. The van der Waals surface area contributed by atoms with Crippen LogP contribution in [0.15, 0.2) is 30.6 Å². The average molecular weight is 344 g/mol. The van der Waals surface area contributed by atoms with Gasteiger partial charge in [-0.2, -0.15) is 9.97 Å². The van der Waals surface area contributed by atoms with Gasteiger partial charge in [-0.3, -0.25) is 0 Å². The molecule has 0 aliphatic carbocycles. The zero-order valence-electron chi connectivity index (χ0n) is 14.2. The van der Waals surface area contributed by atoms with Gasteiger partial charge in [0.2, 0.25) is 5.95 Å². The van der Waals surface area contributed by atoms with Gasteiger partial charge in [-0.1, -0.05) is 13.0 Å². The van der Waals surface area contributed by atoms with Crippen molar-refractivity contribution in [3.05, 3.63) is 36.4 Å². The molecule has 1 unspecified atom stereocenters. The molecular formula is C17H21FN6O. The van der Waals surface area contributed by atoms with Gasteiger partial charge >= 0.3 is 0 Å². The Morgan fingerprint density at radius 2 is 2.12 bits per heavy atom. The molecule has 0 amide bonds. The standard InChI is InChI=1S/C17H21FN6O/c1-3-12(9-25)21-17-22-15(20-13-7-5-6-11(18)8-13)14-16(23-17)24(4-2)10-19-14/h5-8,10,12,25H,3-4,9H2,1-2H3,(H2,20,21,22,23). The third-order valence-electron chi connectivity index (χ3n) is 3.94. The average Bonchev–Trinajstić information content (AvgIpc) is 3.03. The minimum absolute atomic E-state index is 0.0163. The molecule has 1 atom stereocenters. The first kappa shape index (κ1) is 17.1. The van der Waals surface area contributed by atoms with Crippen LogP contribution in [0.4, 0.5) is 21.8 Å². The van der Waals surface area contributed by atoms with E-state index in [1.54, 1.807) is 18.5 Å². The summed E-state index contributed by atoms with van der Waals surface area (Å²) in [5, 5.41) is 15.6. The van der Waals surface area contributed by atoms with E-state index >= 15 is 0 Å². The zero-order chi connectivity index (χ0) is 17.8. The number of aryl methyl sites for hydroxylation is 1. The van der Waals surface area contributed by atoms with Crippen LogP contribution in [0, 0.1) is 5.82 Å². The number of hydrogen-bond acceptors (Lipinski definition) is 6. The number of halogens is 1. The molecule has 8 heteroatoms. The van der Waals surface area contributed by atoms with E-state index in [1.807, 2.05) is 18.4 Å². The number of aliphatic hydroxyl groups is 1. The second kappa shape index (κ2) is 7.43. The number of benzene rings is 1. The van der Waals surface area contributed by atoms with E-state index in [1.165, 1.54) is 12.1 Å². The van der Waals surface area contributed by atoms with Crippen molar-refractivity contribution in [2.75, 3.05) is 17.2 Å². The first-order valence-corrected chi connectivity index (χ1v) is 8.27. The Labute approximate surface area is 144 Å². The van der Waals surface area contributed by atoms with Crippen molar-refractivity contribution in [3.8, 4) is 0 Å². The molecule has 25 heavy (non-hydrogen) atoms. The van der Waals surface area contributed by atoms with Crippen LogP contribution in [0.25, 0.3) is 11.2 Å². The lowest BCUT2D eigenvalue weighted by Gasteiger charge is -2.15. The van der Waals surface area contributed by atoms with Crippen LogP contribution in [0.1, 0.15) is 20.3 Å². The molecule has 3 aromatic rings. The van der Waals surface area contributed by atoms with Crippen molar-refractivity contribution in [1.29, 1.82) is 0 Å². The Morgan fingerprint density at radius 1 is 1.28 bits per heavy atom. The second-order valence-corrected chi connectivity index (χ2v) is 5.67. The fourth-order valence-electron chi connectivity index (χ4n) is 2.49. The van der Waals surface area contributed by atoms with Gasteiger partial charge in [0, 0.05) is 12.2 Å².